The summed E-state index contributed by atoms with van der Waals surface area (Å²) in [5, 5.41) is 45.0. The standard InChI is InChI=1S/C44H65N15O15S/c1-75-15-13-28(43(73)74)56-37(67)25(8-5-14-51-44(48)49)53-38(68)26(9-11-32(46)60)54-39(69)27(10-12-33(47)61)55-40(70)29(16-22-6-3-2-4-7-22)58-41(71)30(17-23-20-50-21-52-23)59-42(72)31(19-35(64)65)57-36(66)24(45)18-34(62)63/h2-4,6-7,20-21,24-31H,5,8-19,45H2,1H3,(H2,46,60)(H2,47,61)(H,50,52)(H,53,68)(H,54,69)(H,55,70)(H,56,67)(H,57,66)(H,58,71)(H,59,72)(H,62,63)(H,64,65)(H,73,74)(H4,48,49,51)/t24-,25-,26-,27-,28-,29-,30-,31-/m0/s1. The average Bonchev–Trinajstić information content (AvgIpc) is 3.85. The van der Waals surface area contributed by atoms with Gasteiger partial charge in [-0.3, -0.25) is 57.7 Å². The number of aliphatic imine (C=N–C) groups is 1. The van der Waals surface area contributed by atoms with Crippen molar-refractivity contribution in [1.29, 1.82) is 0 Å². The van der Waals surface area contributed by atoms with E-state index in [-0.39, 0.29) is 50.3 Å². The quantitative estimate of drug-likeness (QED) is 0.0172. The van der Waals surface area contributed by atoms with E-state index in [1.165, 1.54) is 24.3 Å². The molecule has 0 aliphatic rings. The van der Waals surface area contributed by atoms with E-state index in [0.29, 0.717) is 11.3 Å². The third-order valence-corrected chi connectivity index (χ3v) is 11.3. The lowest BCUT2D eigenvalue weighted by atomic mass is 10.0. The van der Waals surface area contributed by atoms with Crippen LogP contribution in [-0.4, -0.2) is 169 Å². The van der Waals surface area contributed by atoms with Crippen molar-refractivity contribution in [3.63, 3.8) is 0 Å². The van der Waals surface area contributed by atoms with Crippen molar-refractivity contribution in [3.8, 4) is 0 Å². The topological polar surface area (TPSA) is 521 Å². The van der Waals surface area contributed by atoms with Crippen molar-refractivity contribution in [2.75, 3.05) is 18.6 Å². The van der Waals surface area contributed by atoms with Crippen LogP contribution in [0.1, 0.15) is 69.0 Å². The summed E-state index contributed by atoms with van der Waals surface area (Å²) in [5.41, 5.74) is 27.9. The number of guanidine groups is 1. The van der Waals surface area contributed by atoms with Crippen LogP contribution in [0.5, 0.6) is 0 Å². The Labute approximate surface area is 433 Å². The molecule has 75 heavy (non-hydrogen) atoms. The molecule has 0 aliphatic heterocycles. The summed E-state index contributed by atoms with van der Waals surface area (Å²) in [6.45, 7) is -0.00870. The lowest BCUT2D eigenvalue weighted by Gasteiger charge is -2.28. The molecule has 0 saturated carbocycles. The number of imidazole rings is 1. The van der Waals surface area contributed by atoms with Gasteiger partial charge >= 0.3 is 17.9 Å². The Hall–Kier alpha value is -8.35. The highest BCUT2D eigenvalue weighted by Crippen LogP contribution is 2.11. The number of primary amides is 2. The van der Waals surface area contributed by atoms with E-state index in [4.69, 9.17) is 33.8 Å². The van der Waals surface area contributed by atoms with Gasteiger partial charge in [0.15, 0.2) is 5.96 Å². The Bertz CT molecular complexity index is 2340. The Kier molecular flexibility index (Phi) is 27.3. The SMILES string of the molecule is CSCC[C@H](NC(=O)[C@H](CCCN=C(N)N)NC(=O)[C@H](CCC(N)=O)NC(=O)[C@H](CCC(N)=O)NC(=O)[C@H](Cc1ccccc1)NC(=O)[C@H](Cc1cnc[nH]1)NC(=O)[C@H](CC(=O)O)NC(=O)[C@@H](N)CC(=O)O)C(=O)O. The fraction of sp³-hybridized carbons (Fsp3) is 0.500. The molecule has 0 unspecified atom stereocenters. The van der Waals surface area contributed by atoms with Crippen LogP contribution in [0.2, 0.25) is 0 Å². The van der Waals surface area contributed by atoms with Gasteiger partial charge in [0.05, 0.1) is 25.2 Å². The van der Waals surface area contributed by atoms with Crippen LogP contribution in [0.25, 0.3) is 0 Å². The number of benzene rings is 1. The minimum absolute atomic E-state index is 0.00870. The number of nitrogens with two attached hydrogens (primary N) is 5. The number of H-pyrrole nitrogens is 1. The van der Waals surface area contributed by atoms with Gasteiger partial charge in [-0.25, -0.2) is 9.78 Å². The zero-order chi connectivity index (χ0) is 56.2. The largest absolute Gasteiger partial charge is 0.481 e. The molecule has 30 nitrogen and oxygen atoms in total. The van der Waals surface area contributed by atoms with Crippen molar-refractivity contribution in [2.24, 2.45) is 33.7 Å². The van der Waals surface area contributed by atoms with E-state index in [1.807, 2.05) is 0 Å². The maximum atomic E-state index is 14.4. The van der Waals surface area contributed by atoms with Gasteiger partial charge in [0.25, 0.3) is 0 Å². The molecular formula is C44H65N15O15S. The summed E-state index contributed by atoms with van der Waals surface area (Å²) in [6, 6.07) is -5.01. The molecule has 31 heteroatoms. The number of nitrogens with zero attached hydrogens (tertiary/aromatic N) is 2. The summed E-state index contributed by atoms with van der Waals surface area (Å²) >= 11 is 1.33. The smallest absolute Gasteiger partial charge is 0.326 e. The summed E-state index contributed by atoms with van der Waals surface area (Å²) in [5.74, 6) is -13.8. The first kappa shape index (κ1) is 62.8. The second-order valence-corrected chi connectivity index (χ2v) is 17.8. The van der Waals surface area contributed by atoms with Gasteiger partial charge in [-0.05, 0) is 49.7 Å². The summed E-state index contributed by atoms with van der Waals surface area (Å²) < 4.78 is 0. The molecule has 2 aromatic rings. The number of hydrogen-bond donors (Lipinski definition) is 16. The Balaban J connectivity index is 2.55. The van der Waals surface area contributed by atoms with E-state index < -0.39 is 158 Å². The van der Waals surface area contributed by atoms with Gasteiger partial charge in [0.2, 0.25) is 53.2 Å². The van der Waals surface area contributed by atoms with Gasteiger partial charge in [0.1, 0.15) is 42.3 Å². The summed E-state index contributed by atoms with van der Waals surface area (Å²) in [6.07, 6.45) is -0.377. The predicted octanol–water partition coefficient (Wildman–Crippen LogP) is -5.71. The second-order valence-electron chi connectivity index (χ2n) is 16.8. The van der Waals surface area contributed by atoms with Crippen LogP contribution in [0.15, 0.2) is 47.8 Å². The number of thioether (sulfide) groups is 1. The van der Waals surface area contributed by atoms with Crippen molar-refractivity contribution in [1.82, 2.24) is 47.2 Å². The van der Waals surface area contributed by atoms with Crippen molar-refractivity contribution < 1.29 is 72.9 Å². The maximum absolute atomic E-state index is 14.4. The van der Waals surface area contributed by atoms with Crippen LogP contribution in [0, 0.1) is 0 Å². The lowest BCUT2D eigenvalue weighted by molar-refractivity contribution is -0.142. The number of aromatic nitrogens is 2. The first-order valence-corrected chi connectivity index (χ1v) is 24.5. The number of aromatic amines is 1. The van der Waals surface area contributed by atoms with Crippen LogP contribution in [0.3, 0.4) is 0 Å². The van der Waals surface area contributed by atoms with Crippen molar-refractivity contribution in [2.45, 2.75) is 119 Å². The fourth-order valence-corrected chi connectivity index (χ4v) is 7.31. The number of carboxylic acid groups (broad SMARTS) is 3. The molecule has 0 radical (unpaired) electrons. The molecule has 21 N–H and O–H groups in total. The summed E-state index contributed by atoms with van der Waals surface area (Å²) in [4.78, 5) is 166. The molecule has 0 aliphatic carbocycles. The molecule has 0 fully saturated rings. The molecule has 412 valence electrons. The van der Waals surface area contributed by atoms with Crippen LogP contribution >= 0.6 is 11.8 Å². The van der Waals surface area contributed by atoms with Gasteiger partial charge < -0.3 is 86.2 Å². The van der Waals surface area contributed by atoms with E-state index >= 15 is 0 Å². The fourth-order valence-electron chi connectivity index (χ4n) is 6.84. The van der Waals surface area contributed by atoms with E-state index in [0.717, 1.165) is 0 Å². The first-order chi connectivity index (χ1) is 35.4. The number of hydrogen-bond acceptors (Lipinski definition) is 16. The monoisotopic (exact) mass is 1080 g/mol. The number of carboxylic acids is 3. The minimum atomic E-state index is -1.90. The number of carbonyl (C=O) groups is 12. The average molecular weight is 1080 g/mol. The first-order valence-electron chi connectivity index (χ1n) is 23.1. The number of nitrogens with one attached hydrogen (secondary N) is 8. The van der Waals surface area contributed by atoms with Crippen LogP contribution < -0.4 is 65.9 Å². The number of aliphatic carboxylic acids is 3. The number of rotatable bonds is 36. The Morgan fingerprint density at radius 2 is 1.04 bits per heavy atom. The minimum Gasteiger partial charge on any atom is -0.481 e. The predicted molar refractivity (Wildman–Crippen MR) is 266 cm³/mol. The summed E-state index contributed by atoms with van der Waals surface area (Å²) in [7, 11) is 0. The normalized spacial score (nSPS) is 14.0. The molecule has 1 aromatic heterocycles. The second kappa shape index (κ2) is 32.7. The maximum Gasteiger partial charge on any atom is 0.326 e. The molecule has 1 aromatic carbocycles. The van der Waals surface area contributed by atoms with Gasteiger partial charge in [-0.1, -0.05) is 30.3 Å². The molecule has 9 amide bonds. The zero-order valence-corrected chi connectivity index (χ0v) is 41.6. The molecule has 2 rings (SSSR count). The third-order valence-electron chi connectivity index (χ3n) is 10.7. The van der Waals surface area contributed by atoms with Gasteiger partial charge in [-0.2, -0.15) is 11.8 Å². The lowest BCUT2D eigenvalue weighted by Crippen LogP contribution is -2.61. The van der Waals surface area contributed by atoms with Gasteiger partial charge in [-0.15, -0.1) is 0 Å². The van der Waals surface area contributed by atoms with Crippen molar-refractivity contribution >= 4 is 88.8 Å². The van der Waals surface area contributed by atoms with Crippen LogP contribution in [-0.2, 0) is 70.4 Å². The highest BCUT2D eigenvalue weighted by molar-refractivity contribution is 7.98. The van der Waals surface area contributed by atoms with E-state index in [2.05, 4.69) is 52.2 Å². The Morgan fingerprint density at radius 1 is 0.587 bits per heavy atom. The third kappa shape index (κ3) is 24.8. The molecule has 0 saturated heterocycles. The van der Waals surface area contributed by atoms with Crippen molar-refractivity contribution in [3.05, 3.63) is 54.1 Å². The molecule has 8 atom stereocenters. The molecule has 1 heterocycles. The number of carbonyl (C=O) groups excluding carboxylic acids is 9. The zero-order valence-electron chi connectivity index (χ0n) is 40.8. The highest BCUT2D eigenvalue weighted by Gasteiger charge is 2.35. The van der Waals surface area contributed by atoms with E-state index in [1.54, 1.807) is 36.6 Å². The molecule has 0 bridgehead atoms. The van der Waals surface area contributed by atoms with Crippen LogP contribution in [0.4, 0.5) is 0 Å². The highest BCUT2D eigenvalue weighted by atomic mass is 32.2. The molecular weight excluding hydrogens is 1010 g/mol. The van der Waals surface area contributed by atoms with Gasteiger partial charge in [0, 0.05) is 44.1 Å². The molecule has 0 spiro atoms. The number of amides is 9. The Morgan fingerprint density at radius 3 is 1.49 bits per heavy atom. The van der Waals surface area contributed by atoms with E-state index in [9.17, 15) is 67.7 Å².